The number of Topliss-reactive ketones (excluding diaryl/α,β-unsaturated/α-hetero) is 1. The van der Waals surface area contributed by atoms with E-state index >= 15 is 0 Å². The van der Waals surface area contributed by atoms with E-state index < -0.39 is 17.9 Å². The molecule has 0 spiro atoms. The Morgan fingerprint density at radius 1 is 0.407 bits per heavy atom. The number of carboxylic acid groups (broad SMARTS) is 1. The maximum atomic E-state index is 12.2. The van der Waals surface area contributed by atoms with Gasteiger partial charge in [-0.15, -0.1) is 0 Å². The number of nitrogens with zero attached hydrogens (tertiary/aromatic N) is 2. The van der Waals surface area contributed by atoms with Gasteiger partial charge in [-0.1, -0.05) is 78.6 Å². The Bertz CT molecular complexity index is 3270. The van der Waals surface area contributed by atoms with E-state index in [-0.39, 0.29) is 53.8 Å². The number of carbonyl (C=O) groups is 5. The molecule has 86 heavy (non-hydrogen) atoms. The van der Waals surface area contributed by atoms with Crippen molar-refractivity contribution in [1.29, 1.82) is 0 Å². The molecule has 2 aromatic heterocycles. The third-order valence-electron chi connectivity index (χ3n) is 13.1. The summed E-state index contributed by atoms with van der Waals surface area (Å²) in [4.78, 5) is 67.2. The second kappa shape index (κ2) is 38.2. The van der Waals surface area contributed by atoms with Gasteiger partial charge in [0.25, 0.3) is 0 Å². The molecule has 0 bridgehead atoms. The first-order valence-electron chi connectivity index (χ1n) is 28.4. The van der Waals surface area contributed by atoms with Crippen LogP contribution in [0.2, 0.25) is 0 Å². The van der Waals surface area contributed by atoms with Crippen LogP contribution in [0.4, 0.5) is 0 Å². The van der Waals surface area contributed by atoms with Crippen LogP contribution in [0.15, 0.2) is 167 Å². The molecule has 17 nitrogen and oxygen atoms in total. The van der Waals surface area contributed by atoms with Crippen LogP contribution in [0.1, 0.15) is 150 Å². The third kappa shape index (κ3) is 22.7. The molecule has 0 fully saturated rings. The number of carboxylic acids is 1. The van der Waals surface area contributed by atoms with Crippen molar-refractivity contribution in [3.8, 4) is 62.7 Å². The molecule has 0 atom stereocenters. The summed E-state index contributed by atoms with van der Waals surface area (Å²) in [7, 11) is 2.64. The number of aromatic nitrogens is 2. The first-order chi connectivity index (χ1) is 40.9. The number of esters is 3. The topological polar surface area (TPSA) is 243 Å². The summed E-state index contributed by atoms with van der Waals surface area (Å²) in [5.74, 6) is 0.621. The number of methoxy groups -OCH3 is 2. The van der Waals surface area contributed by atoms with Crippen molar-refractivity contribution in [3.05, 3.63) is 186 Å². The van der Waals surface area contributed by atoms with Crippen LogP contribution in [-0.4, -0.2) is 90.9 Å². The molecule has 0 radical (unpaired) electrons. The van der Waals surface area contributed by atoms with E-state index in [0.717, 1.165) is 84.0 Å². The first-order valence-corrected chi connectivity index (χ1v) is 28.4. The molecule has 6 aromatic carbocycles. The number of carbonyl (C=O) groups excluding carboxylic acids is 4. The minimum atomic E-state index is -0.956. The Labute approximate surface area is 514 Å². The quantitative estimate of drug-likeness (QED) is 0.0151. The molecule has 2 heterocycles. The van der Waals surface area contributed by atoms with Crippen molar-refractivity contribution < 1.29 is 90.7 Å². The average Bonchev–Trinajstić information content (AvgIpc) is 4.38. The summed E-state index contributed by atoms with van der Waals surface area (Å²) in [6.45, 7) is 8.32. The molecule has 0 aliphatic heterocycles. The van der Waals surface area contributed by atoms with Gasteiger partial charge in [-0.3, -0.25) is 4.79 Å². The van der Waals surface area contributed by atoms with E-state index in [1.807, 2.05) is 48.5 Å². The SMILES string of the molecule is CCCCCCOc1ccc(-c2coc(-c3ccc(C(=O)O)cc3)n2)cc1.CCCCCCOc1ccc(-c2coc(-c3ccc(C(=O)OC)cc3)n2)cc1.CCCCCCOc1ccc(C(=O)COC(=O)c2ccc(C(=O)OC)cc2)cc1.[Li+].[OH-]. The van der Waals surface area contributed by atoms with Crippen molar-refractivity contribution in [2.24, 2.45) is 0 Å². The van der Waals surface area contributed by atoms with Gasteiger partial charge in [0.05, 0.1) is 56.3 Å². The number of benzene rings is 6. The van der Waals surface area contributed by atoms with E-state index in [2.05, 4.69) is 35.5 Å². The van der Waals surface area contributed by atoms with Gasteiger partial charge in [-0.2, -0.15) is 0 Å². The number of oxazole rings is 2. The summed E-state index contributed by atoms with van der Waals surface area (Å²) < 4.78 is 42.7. The minimum absolute atomic E-state index is 0. The zero-order valence-corrected chi connectivity index (χ0v) is 49.9. The summed E-state index contributed by atoms with van der Waals surface area (Å²) in [5, 5.41) is 8.96. The number of rotatable bonds is 29. The van der Waals surface area contributed by atoms with E-state index in [9.17, 15) is 24.0 Å². The van der Waals surface area contributed by atoms with Gasteiger partial charge in [0.1, 0.15) is 41.2 Å². The zero-order chi connectivity index (χ0) is 59.9. The fraction of sp³-hybridized carbons (Fsp3) is 0.309. The van der Waals surface area contributed by atoms with Crippen molar-refractivity contribution in [2.75, 3.05) is 40.6 Å². The molecule has 0 saturated carbocycles. The normalized spacial score (nSPS) is 10.3. The molecule has 18 heteroatoms. The van der Waals surface area contributed by atoms with Gasteiger partial charge in [0.2, 0.25) is 11.8 Å². The zero-order valence-electron chi connectivity index (χ0n) is 49.9. The Morgan fingerprint density at radius 2 is 0.721 bits per heavy atom. The largest absolute Gasteiger partial charge is 1.00 e. The minimum Gasteiger partial charge on any atom is -0.870 e. The number of ketones is 1. The molecule has 0 unspecified atom stereocenters. The fourth-order valence-electron chi connectivity index (χ4n) is 8.20. The smallest absolute Gasteiger partial charge is 0.870 e. The number of unbranched alkanes of at least 4 members (excludes halogenated alkanes) is 9. The molecule has 0 saturated heterocycles. The molecule has 448 valence electrons. The van der Waals surface area contributed by atoms with Gasteiger partial charge in [0, 0.05) is 27.8 Å². The molecule has 8 aromatic rings. The van der Waals surface area contributed by atoms with Crippen LogP contribution in [0.3, 0.4) is 0 Å². The molecule has 0 aliphatic carbocycles. The van der Waals surface area contributed by atoms with Gasteiger partial charge in [-0.25, -0.2) is 29.1 Å². The van der Waals surface area contributed by atoms with E-state index in [1.165, 1.54) is 102 Å². The number of ether oxygens (including phenoxy) is 6. The first kappa shape index (κ1) is 69.7. The standard InChI is InChI=1S/C23H25NO4.C23H26O6.C22H23NO4.Li.H2O/c1-3-4-5-6-15-27-20-13-11-17(12-14-20)21-16-28-22(24-21)18-7-9-19(10-8-18)23(25)26-2;1-3-4-5-6-15-28-20-13-11-17(12-14-20)21(24)16-29-23(26)19-9-7-18(8-10-19)22(25)27-2;1-2-3-4-5-14-26-19-12-10-16(11-13-19)20-15-27-21(23-20)17-6-8-18(9-7-17)22(24)25;;/h7-14,16H,3-6,15H2,1-2H3;7-14H,3-6,15-16H2,1-2H3;6-13,15H,2-5,14H2,1H3,(H,24,25);;1H2/q;;;+1;/p-1. The van der Waals surface area contributed by atoms with Crippen molar-refractivity contribution in [2.45, 2.75) is 97.8 Å². The van der Waals surface area contributed by atoms with Crippen molar-refractivity contribution >= 4 is 29.7 Å². The van der Waals surface area contributed by atoms with Crippen LogP contribution in [0.5, 0.6) is 17.2 Å². The molecule has 8 rings (SSSR count). The van der Waals surface area contributed by atoms with Gasteiger partial charge >= 0.3 is 42.7 Å². The van der Waals surface area contributed by atoms with Crippen LogP contribution in [0, 0.1) is 0 Å². The summed E-state index contributed by atoms with van der Waals surface area (Å²) in [6, 6.07) is 41.7. The summed E-state index contributed by atoms with van der Waals surface area (Å²) >= 11 is 0. The molecule has 2 N–H and O–H groups in total. The average molecular weight is 1170 g/mol. The van der Waals surface area contributed by atoms with Crippen molar-refractivity contribution in [3.63, 3.8) is 0 Å². The Hall–Kier alpha value is -8.75. The Kier molecular flexibility index (Phi) is 31.0. The van der Waals surface area contributed by atoms with Crippen LogP contribution >= 0.6 is 0 Å². The van der Waals surface area contributed by atoms with Gasteiger partial charge in [-0.05, 0) is 165 Å². The number of aromatic carboxylic acids is 1. The molecular formula is C68H75LiN2O15. The van der Waals surface area contributed by atoms with E-state index in [4.69, 9.17) is 37.6 Å². The maximum Gasteiger partial charge on any atom is 1.00 e. The monoisotopic (exact) mass is 1170 g/mol. The predicted molar refractivity (Wildman–Crippen MR) is 323 cm³/mol. The second-order valence-electron chi connectivity index (χ2n) is 19.4. The summed E-state index contributed by atoms with van der Waals surface area (Å²) in [5.41, 5.74) is 6.64. The second-order valence-corrected chi connectivity index (χ2v) is 19.4. The van der Waals surface area contributed by atoms with Crippen LogP contribution < -0.4 is 33.1 Å². The third-order valence-corrected chi connectivity index (χ3v) is 13.1. The van der Waals surface area contributed by atoms with E-state index in [0.29, 0.717) is 40.8 Å². The predicted octanol–water partition coefficient (Wildman–Crippen LogP) is 12.7. The maximum absolute atomic E-state index is 12.2. The Balaban J connectivity index is 0.000000273. The van der Waals surface area contributed by atoms with Crippen LogP contribution in [0.25, 0.3) is 45.4 Å². The fourth-order valence-corrected chi connectivity index (χ4v) is 8.20. The van der Waals surface area contributed by atoms with Crippen LogP contribution in [-0.2, 0) is 14.2 Å². The molecule has 0 aliphatic rings. The molecule has 0 amide bonds. The number of hydrogen-bond acceptors (Lipinski definition) is 16. The van der Waals surface area contributed by atoms with Gasteiger partial charge < -0.3 is 47.8 Å². The van der Waals surface area contributed by atoms with Gasteiger partial charge in [0.15, 0.2) is 12.4 Å². The van der Waals surface area contributed by atoms with E-state index in [1.54, 1.807) is 73.2 Å². The summed E-state index contributed by atoms with van der Waals surface area (Å²) in [6.07, 6.45) is 17.3. The Morgan fingerprint density at radius 3 is 1.07 bits per heavy atom. The molecular weight excluding hydrogens is 1090 g/mol. The van der Waals surface area contributed by atoms with Crippen molar-refractivity contribution in [1.82, 2.24) is 9.97 Å². The number of hydrogen-bond donors (Lipinski definition) is 1.